The van der Waals surface area contributed by atoms with E-state index in [1.54, 1.807) is 31.2 Å². The third-order valence-electron chi connectivity index (χ3n) is 4.50. The Morgan fingerprint density at radius 3 is 2.85 bits per heavy atom. The third kappa shape index (κ3) is 5.56. The molecular weight excluding hydrogens is 364 g/mol. The van der Waals surface area contributed by atoms with Crippen molar-refractivity contribution in [3.63, 3.8) is 0 Å². The van der Waals surface area contributed by atoms with E-state index < -0.39 is 5.97 Å². The smallest absolute Gasteiger partial charge is 0.340 e. The van der Waals surface area contributed by atoms with Gasteiger partial charge in [-0.2, -0.15) is 0 Å². The molecule has 0 saturated heterocycles. The highest BCUT2D eigenvalue weighted by molar-refractivity contribution is 7.99. The predicted molar refractivity (Wildman–Crippen MR) is 104 cm³/mol. The number of carbonyl (C=O) groups is 2. The number of aromatic nitrogens is 3. The Bertz CT molecular complexity index is 787. The number of hydrogen-bond acceptors (Lipinski definition) is 6. The van der Waals surface area contributed by atoms with Crippen LogP contribution in [0.4, 0.5) is 5.69 Å². The molecule has 144 valence electrons. The maximum absolute atomic E-state index is 12.3. The molecule has 3 rings (SSSR count). The highest BCUT2D eigenvalue weighted by Crippen LogP contribution is 2.27. The predicted octanol–water partition coefficient (Wildman–Crippen LogP) is 3.44. The van der Waals surface area contributed by atoms with Crippen molar-refractivity contribution in [3.8, 4) is 0 Å². The van der Waals surface area contributed by atoms with Gasteiger partial charge in [0.05, 0.1) is 23.6 Å². The minimum absolute atomic E-state index is 0.165. The standard InChI is InChI=1S/C19H24N4O3S/c1-2-26-18(25)14-9-5-6-10-15(14)20-17(24)12-27-19-21-16(22-23-19)11-13-7-3-4-8-13/h5-6,9-10,13H,2-4,7-8,11-12H2,1H3,(H,20,24)(H,21,22,23). The second-order valence-electron chi connectivity index (χ2n) is 6.52. The number of hydrogen-bond donors (Lipinski definition) is 2. The molecule has 0 atom stereocenters. The number of carbonyl (C=O) groups excluding carboxylic acids is 2. The van der Waals surface area contributed by atoms with E-state index in [2.05, 4.69) is 20.5 Å². The van der Waals surface area contributed by atoms with E-state index in [4.69, 9.17) is 4.74 Å². The number of H-pyrrole nitrogens is 1. The Hall–Kier alpha value is -2.35. The molecule has 2 aromatic rings. The maximum atomic E-state index is 12.3. The number of amides is 1. The summed E-state index contributed by atoms with van der Waals surface area (Å²) in [5, 5.41) is 10.5. The quantitative estimate of drug-likeness (QED) is 0.531. The van der Waals surface area contributed by atoms with Crippen LogP contribution in [0.1, 0.15) is 48.8 Å². The summed E-state index contributed by atoms with van der Waals surface area (Å²) < 4.78 is 5.02. The van der Waals surface area contributed by atoms with Gasteiger partial charge in [0, 0.05) is 6.42 Å². The van der Waals surface area contributed by atoms with Crippen LogP contribution in [-0.4, -0.2) is 39.4 Å². The van der Waals surface area contributed by atoms with Crippen LogP contribution < -0.4 is 5.32 Å². The fourth-order valence-electron chi connectivity index (χ4n) is 3.22. The monoisotopic (exact) mass is 388 g/mol. The number of anilines is 1. The summed E-state index contributed by atoms with van der Waals surface area (Å²) in [5.74, 6) is 1.07. The van der Waals surface area contributed by atoms with Gasteiger partial charge in [0.15, 0.2) is 0 Å². The molecular formula is C19H24N4O3S. The Labute approximate surface area is 162 Å². The topological polar surface area (TPSA) is 97.0 Å². The van der Waals surface area contributed by atoms with Gasteiger partial charge in [-0.3, -0.25) is 9.89 Å². The van der Waals surface area contributed by atoms with Gasteiger partial charge < -0.3 is 10.1 Å². The number of ether oxygens (including phenoxy) is 1. The highest BCUT2D eigenvalue weighted by Gasteiger charge is 2.18. The van der Waals surface area contributed by atoms with Crippen LogP contribution in [0.2, 0.25) is 0 Å². The van der Waals surface area contributed by atoms with E-state index >= 15 is 0 Å². The number of benzene rings is 1. The van der Waals surface area contributed by atoms with Crippen LogP contribution in [0, 0.1) is 5.92 Å². The van der Waals surface area contributed by atoms with Crippen LogP contribution in [-0.2, 0) is 16.0 Å². The van der Waals surface area contributed by atoms with Crippen LogP contribution in [0.3, 0.4) is 0 Å². The average Bonchev–Trinajstić information content (AvgIpc) is 3.33. The molecule has 0 spiro atoms. The molecule has 1 aromatic heterocycles. The molecule has 0 radical (unpaired) electrons. The molecule has 27 heavy (non-hydrogen) atoms. The van der Waals surface area contributed by atoms with E-state index in [-0.39, 0.29) is 18.3 Å². The van der Waals surface area contributed by atoms with E-state index in [1.165, 1.54) is 37.4 Å². The molecule has 1 aliphatic rings. The normalized spacial score (nSPS) is 14.3. The molecule has 8 heteroatoms. The van der Waals surface area contributed by atoms with Crippen molar-refractivity contribution in [2.24, 2.45) is 5.92 Å². The van der Waals surface area contributed by atoms with Crippen molar-refractivity contribution in [2.75, 3.05) is 17.7 Å². The van der Waals surface area contributed by atoms with Gasteiger partial charge in [-0.15, -0.1) is 5.10 Å². The fraction of sp³-hybridized carbons (Fsp3) is 0.474. The number of aromatic amines is 1. The van der Waals surface area contributed by atoms with Gasteiger partial charge in [0.2, 0.25) is 11.1 Å². The van der Waals surface area contributed by atoms with Gasteiger partial charge in [0.25, 0.3) is 0 Å². The number of rotatable bonds is 8. The molecule has 1 aromatic carbocycles. The summed E-state index contributed by atoms with van der Waals surface area (Å²) in [5.41, 5.74) is 0.785. The van der Waals surface area contributed by atoms with Gasteiger partial charge in [-0.1, -0.05) is 49.6 Å². The molecule has 1 amide bonds. The van der Waals surface area contributed by atoms with Crippen molar-refractivity contribution < 1.29 is 14.3 Å². The van der Waals surface area contributed by atoms with Gasteiger partial charge in [-0.25, -0.2) is 9.78 Å². The van der Waals surface area contributed by atoms with Crippen LogP contribution in [0.15, 0.2) is 29.4 Å². The van der Waals surface area contributed by atoms with Crippen molar-refractivity contribution in [1.29, 1.82) is 0 Å². The Balaban J connectivity index is 1.51. The van der Waals surface area contributed by atoms with Gasteiger partial charge >= 0.3 is 5.97 Å². The summed E-state index contributed by atoms with van der Waals surface area (Å²) in [4.78, 5) is 28.7. The number of para-hydroxylation sites is 1. The Morgan fingerprint density at radius 1 is 1.30 bits per heavy atom. The lowest BCUT2D eigenvalue weighted by atomic mass is 10.0. The van der Waals surface area contributed by atoms with Crippen LogP contribution in [0.25, 0.3) is 0 Å². The van der Waals surface area contributed by atoms with Crippen molar-refractivity contribution in [1.82, 2.24) is 15.2 Å². The largest absolute Gasteiger partial charge is 0.462 e. The molecule has 0 bridgehead atoms. The summed E-state index contributed by atoms with van der Waals surface area (Å²) in [6.45, 7) is 2.03. The number of nitrogens with zero attached hydrogens (tertiary/aromatic N) is 2. The third-order valence-corrected chi connectivity index (χ3v) is 5.34. The molecule has 1 heterocycles. The van der Waals surface area contributed by atoms with E-state index in [0.29, 0.717) is 22.3 Å². The lowest BCUT2D eigenvalue weighted by Crippen LogP contribution is -2.17. The van der Waals surface area contributed by atoms with Gasteiger partial charge in [0.1, 0.15) is 5.82 Å². The van der Waals surface area contributed by atoms with E-state index in [0.717, 1.165) is 12.2 Å². The second-order valence-corrected chi connectivity index (χ2v) is 7.46. The van der Waals surface area contributed by atoms with Crippen molar-refractivity contribution in [2.45, 2.75) is 44.2 Å². The molecule has 0 unspecified atom stereocenters. The average molecular weight is 388 g/mol. The number of nitrogens with one attached hydrogen (secondary N) is 2. The summed E-state index contributed by atoms with van der Waals surface area (Å²) in [7, 11) is 0. The molecule has 0 aliphatic heterocycles. The lowest BCUT2D eigenvalue weighted by Gasteiger charge is -2.09. The summed E-state index contributed by atoms with van der Waals surface area (Å²) >= 11 is 1.27. The zero-order valence-corrected chi connectivity index (χ0v) is 16.2. The number of thioether (sulfide) groups is 1. The maximum Gasteiger partial charge on any atom is 0.340 e. The Morgan fingerprint density at radius 2 is 2.07 bits per heavy atom. The SMILES string of the molecule is CCOC(=O)c1ccccc1NC(=O)CSc1n[nH]c(CC2CCCC2)n1. The zero-order chi connectivity index (χ0) is 19.1. The van der Waals surface area contributed by atoms with Crippen molar-refractivity contribution >= 4 is 29.3 Å². The van der Waals surface area contributed by atoms with Crippen LogP contribution >= 0.6 is 11.8 Å². The molecule has 7 nitrogen and oxygen atoms in total. The molecule has 1 fully saturated rings. The van der Waals surface area contributed by atoms with Crippen molar-refractivity contribution in [3.05, 3.63) is 35.7 Å². The first-order valence-corrected chi connectivity index (χ1v) is 10.2. The van der Waals surface area contributed by atoms with E-state index in [1.807, 2.05) is 0 Å². The minimum Gasteiger partial charge on any atom is -0.462 e. The highest BCUT2D eigenvalue weighted by atomic mass is 32.2. The first-order chi connectivity index (χ1) is 13.2. The second kappa shape index (κ2) is 9.55. The summed E-state index contributed by atoms with van der Waals surface area (Å²) in [6.07, 6.45) is 6.03. The lowest BCUT2D eigenvalue weighted by molar-refractivity contribution is -0.113. The van der Waals surface area contributed by atoms with Gasteiger partial charge in [-0.05, 0) is 25.0 Å². The number of esters is 1. The summed E-state index contributed by atoms with van der Waals surface area (Å²) in [6, 6.07) is 6.80. The first-order valence-electron chi connectivity index (χ1n) is 9.25. The minimum atomic E-state index is -0.452. The Kier molecular flexibility index (Phi) is 6.86. The fourth-order valence-corrected chi connectivity index (χ4v) is 3.83. The molecule has 2 N–H and O–H groups in total. The van der Waals surface area contributed by atoms with E-state index in [9.17, 15) is 9.59 Å². The first kappa shape index (κ1) is 19.4. The zero-order valence-electron chi connectivity index (χ0n) is 15.4. The van der Waals surface area contributed by atoms with Crippen LogP contribution in [0.5, 0.6) is 0 Å². The molecule has 1 saturated carbocycles. The molecule has 1 aliphatic carbocycles.